The van der Waals surface area contributed by atoms with Gasteiger partial charge in [-0.05, 0) is 26.2 Å². The highest BCUT2D eigenvalue weighted by molar-refractivity contribution is 5.86. The number of carbonyl (C=O) groups excluding carboxylic acids is 1. The van der Waals surface area contributed by atoms with Crippen LogP contribution in [0.1, 0.15) is 39.0 Å². The van der Waals surface area contributed by atoms with Crippen molar-refractivity contribution in [2.45, 2.75) is 56.7 Å². The molecule has 2 rings (SSSR count). The van der Waals surface area contributed by atoms with Gasteiger partial charge in [0.15, 0.2) is 0 Å². The molecule has 2 unspecified atom stereocenters. The van der Waals surface area contributed by atoms with Crippen molar-refractivity contribution in [3.8, 4) is 0 Å². The molecule has 2 fully saturated rings. The van der Waals surface area contributed by atoms with Gasteiger partial charge in [-0.3, -0.25) is 4.79 Å². The van der Waals surface area contributed by atoms with E-state index in [2.05, 4.69) is 5.32 Å². The second-order valence-electron chi connectivity index (χ2n) is 5.56. The lowest BCUT2D eigenvalue weighted by Gasteiger charge is -2.25. The van der Waals surface area contributed by atoms with Gasteiger partial charge in [0.25, 0.3) is 0 Å². The van der Waals surface area contributed by atoms with E-state index >= 15 is 0 Å². The van der Waals surface area contributed by atoms with Gasteiger partial charge in [-0.1, -0.05) is 12.8 Å². The zero-order valence-electron chi connectivity index (χ0n) is 11.1. The topological polar surface area (TPSA) is 73.6 Å². The highest BCUT2D eigenvalue weighted by Gasteiger charge is 2.37. The third kappa shape index (κ3) is 3.43. The first-order valence-electron chi connectivity index (χ1n) is 6.89. The number of nitrogens with two attached hydrogens (primary N) is 1. The Hall–Kier alpha value is -0.650. The van der Waals surface area contributed by atoms with Crippen LogP contribution in [0.3, 0.4) is 0 Å². The Morgan fingerprint density at radius 3 is 2.89 bits per heavy atom. The largest absolute Gasteiger partial charge is 0.379 e. The van der Waals surface area contributed by atoms with Gasteiger partial charge in [0.05, 0.1) is 24.9 Å². The van der Waals surface area contributed by atoms with E-state index in [4.69, 9.17) is 15.2 Å². The molecule has 18 heavy (non-hydrogen) atoms. The monoisotopic (exact) mass is 256 g/mol. The fourth-order valence-electron chi connectivity index (χ4n) is 2.57. The molecule has 2 aliphatic rings. The van der Waals surface area contributed by atoms with Crippen LogP contribution in [0.4, 0.5) is 0 Å². The molecule has 1 heterocycles. The van der Waals surface area contributed by atoms with Crippen LogP contribution in [-0.2, 0) is 14.3 Å². The Morgan fingerprint density at radius 2 is 2.28 bits per heavy atom. The average molecular weight is 256 g/mol. The number of carbonyl (C=O) groups is 1. The molecule has 1 aliphatic carbocycles. The van der Waals surface area contributed by atoms with Crippen LogP contribution >= 0.6 is 0 Å². The van der Waals surface area contributed by atoms with Crippen LogP contribution in [0, 0.1) is 0 Å². The van der Waals surface area contributed by atoms with Crippen LogP contribution < -0.4 is 11.1 Å². The number of hydrogen-bond acceptors (Lipinski definition) is 4. The Balaban J connectivity index is 1.69. The Bertz CT molecular complexity index is 284. The number of hydrogen-bond donors (Lipinski definition) is 2. The number of nitrogens with one attached hydrogen (secondary N) is 1. The molecule has 0 aromatic carbocycles. The fraction of sp³-hybridized carbons (Fsp3) is 0.923. The lowest BCUT2D eigenvalue weighted by Crippen LogP contribution is -2.54. The second-order valence-corrected chi connectivity index (χ2v) is 5.56. The van der Waals surface area contributed by atoms with E-state index in [9.17, 15) is 4.79 Å². The van der Waals surface area contributed by atoms with Crippen molar-refractivity contribution in [2.75, 3.05) is 19.8 Å². The first-order chi connectivity index (χ1) is 8.60. The molecule has 0 spiro atoms. The highest BCUT2D eigenvalue weighted by Crippen LogP contribution is 2.27. The quantitative estimate of drug-likeness (QED) is 0.754. The third-order valence-corrected chi connectivity index (χ3v) is 3.80. The summed E-state index contributed by atoms with van der Waals surface area (Å²) >= 11 is 0. The van der Waals surface area contributed by atoms with Crippen molar-refractivity contribution in [1.29, 1.82) is 0 Å². The summed E-state index contributed by atoms with van der Waals surface area (Å²) < 4.78 is 10.9. The van der Waals surface area contributed by atoms with Crippen LogP contribution in [0.5, 0.6) is 0 Å². The molecule has 1 aliphatic heterocycles. The van der Waals surface area contributed by atoms with Crippen molar-refractivity contribution in [3.63, 3.8) is 0 Å². The summed E-state index contributed by atoms with van der Waals surface area (Å²) in [6.07, 6.45) is 4.82. The van der Waals surface area contributed by atoms with Crippen LogP contribution in [0.15, 0.2) is 0 Å². The predicted octanol–water partition coefficient (Wildman–Crippen LogP) is 0.568. The van der Waals surface area contributed by atoms with Crippen molar-refractivity contribution in [2.24, 2.45) is 5.73 Å². The van der Waals surface area contributed by atoms with Gasteiger partial charge < -0.3 is 20.5 Å². The molecule has 2 atom stereocenters. The predicted molar refractivity (Wildman–Crippen MR) is 68.2 cm³/mol. The van der Waals surface area contributed by atoms with Gasteiger partial charge in [-0.2, -0.15) is 0 Å². The molecule has 0 aromatic heterocycles. The normalized spacial score (nSPS) is 28.2. The SMILES string of the molecule is CC(COC1CCOC1)NC(=O)C1(N)CCCC1. The maximum absolute atomic E-state index is 12.1. The van der Waals surface area contributed by atoms with Crippen molar-refractivity contribution >= 4 is 5.91 Å². The molecular formula is C13H24N2O3. The Labute approximate surface area is 108 Å². The zero-order valence-corrected chi connectivity index (χ0v) is 11.1. The Kier molecular flexibility index (Phi) is 4.59. The number of ether oxygens (including phenoxy) is 2. The van der Waals surface area contributed by atoms with Gasteiger partial charge in [0, 0.05) is 12.6 Å². The van der Waals surface area contributed by atoms with Gasteiger partial charge in [0.1, 0.15) is 0 Å². The highest BCUT2D eigenvalue weighted by atomic mass is 16.5. The lowest BCUT2D eigenvalue weighted by molar-refractivity contribution is -0.127. The second kappa shape index (κ2) is 5.99. The van der Waals surface area contributed by atoms with Crippen LogP contribution in [0.25, 0.3) is 0 Å². The summed E-state index contributed by atoms with van der Waals surface area (Å²) in [6, 6.07) is -0.000810. The van der Waals surface area contributed by atoms with Crippen LogP contribution in [-0.4, -0.2) is 43.4 Å². The van der Waals surface area contributed by atoms with Crippen molar-refractivity contribution < 1.29 is 14.3 Å². The molecule has 5 heteroatoms. The van der Waals surface area contributed by atoms with Gasteiger partial charge in [-0.15, -0.1) is 0 Å². The lowest BCUT2D eigenvalue weighted by atomic mass is 9.98. The summed E-state index contributed by atoms with van der Waals surface area (Å²) in [5, 5.41) is 2.96. The van der Waals surface area contributed by atoms with E-state index in [1.807, 2.05) is 6.92 Å². The van der Waals surface area contributed by atoms with Crippen molar-refractivity contribution in [1.82, 2.24) is 5.32 Å². The fourth-order valence-corrected chi connectivity index (χ4v) is 2.57. The summed E-state index contributed by atoms with van der Waals surface area (Å²) in [5.74, 6) is -0.0289. The van der Waals surface area contributed by atoms with E-state index in [0.717, 1.165) is 38.7 Å². The molecule has 104 valence electrons. The molecule has 3 N–H and O–H groups in total. The van der Waals surface area contributed by atoms with E-state index in [1.54, 1.807) is 0 Å². The van der Waals surface area contributed by atoms with E-state index in [0.29, 0.717) is 13.2 Å². The van der Waals surface area contributed by atoms with Gasteiger partial charge >= 0.3 is 0 Å². The maximum Gasteiger partial charge on any atom is 0.240 e. The first kappa shape index (κ1) is 13.8. The average Bonchev–Trinajstić information content (AvgIpc) is 2.98. The van der Waals surface area contributed by atoms with Crippen molar-refractivity contribution in [3.05, 3.63) is 0 Å². The van der Waals surface area contributed by atoms with E-state index < -0.39 is 5.54 Å². The summed E-state index contributed by atoms with van der Waals surface area (Å²) in [7, 11) is 0. The molecule has 1 saturated heterocycles. The molecule has 1 saturated carbocycles. The zero-order chi connectivity index (χ0) is 13.0. The van der Waals surface area contributed by atoms with Gasteiger partial charge in [0.2, 0.25) is 5.91 Å². The first-order valence-corrected chi connectivity index (χ1v) is 6.89. The molecule has 5 nitrogen and oxygen atoms in total. The molecule has 0 radical (unpaired) electrons. The van der Waals surface area contributed by atoms with E-state index in [-0.39, 0.29) is 18.1 Å². The van der Waals surface area contributed by atoms with E-state index in [1.165, 1.54) is 0 Å². The van der Waals surface area contributed by atoms with Gasteiger partial charge in [-0.25, -0.2) is 0 Å². The minimum atomic E-state index is -0.648. The Morgan fingerprint density at radius 1 is 1.56 bits per heavy atom. The maximum atomic E-state index is 12.1. The standard InChI is InChI=1S/C13H24N2O3/c1-10(8-18-11-4-7-17-9-11)15-12(16)13(14)5-2-3-6-13/h10-11H,2-9,14H2,1H3,(H,15,16). The third-order valence-electron chi connectivity index (χ3n) is 3.80. The summed E-state index contributed by atoms with van der Waals surface area (Å²) in [4.78, 5) is 12.1. The molecular weight excluding hydrogens is 232 g/mol. The summed E-state index contributed by atoms with van der Waals surface area (Å²) in [5.41, 5.74) is 5.45. The minimum absolute atomic E-state index is 0.000810. The molecule has 1 amide bonds. The number of rotatable bonds is 5. The molecule has 0 bridgehead atoms. The summed E-state index contributed by atoms with van der Waals surface area (Å²) in [6.45, 7) is 3.92. The smallest absolute Gasteiger partial charge is 0.240 e. The molecule has 0 aromatic rings. The van der Waals surface area contributed by atoms with Crippen LogP contribution in [0.2, 0.25) is 0 Å². The minimum Gasteiger partial charge on any atom is -0.379 e. The number of amides is 1.